The Bertz CT molecular complexity index is 848. The first-order valence-corrected chi connectivity index (χ1v) is 8.03. The second-order valence-corrected chi connectivity index (χ2v) is 5.73. The molecule has 25 heavy (non-hydrogen) atoms. The zero-order chi connectivity index (χ0) is 17.6. The summed E-state index contributed by atoms with van der Waals surface area (Å²) in [6.07, 6.45) is 2.55. The molecule has 0 bridgehead atoms. The third-order valence-corrected chi connectivity index (χ3v) is 3.62. The van der Waals surface area contributed by atoms with Crippen LogP contribution in [-0.2, 0) is 4.79 Å². The molecule has 0 aliphatic rings. The van der Waals surface area contributed by atoms with Crippen LogP contribution in [0, 0.1) is 6.92 Å². The quantitative estimate of drug-likeness (QED) is 0.770. The zero-order valence-electron chi connectivity index (χ0n) is 14.1. The Morgan fingerprint density at radius 2 is 1.76 bits per heavy atom. The number of ether oxygens (including phenoxy) is 1. The van der Waals surface area contributed by atoms with E-state index in [1.54, 1.807) is 19.3 Å². The van der Waals surface area contributed by atoms with E-state index in [0.29, 0.717) is 17.3 Å². The van der Waals surface area contributed by atoms with E-state index in [0.717, 1.165) is 11.1 Å². The molecular formula is C20H19N3O2. The van der Waals surface area contributed by atoms with Gasteiger partial charge in [0.05, 0.1) is 18.1 Å². The number of hydrogen-bond donors (Lipinski definition) is 1. The summed E-state index contributed by atoms with van der Waals surface area (Å²) in [5.41, 5.74) is 2.54. The van der Waals surface area contributed by atoms with Gasteiger partial charge >= 0.3 is 0 Å². The highest BCUT2D eigenvalue weighted by molar-refractivity contribution is 5.93. The topological polar surface area (TPSA) is 64.1 Å². The Balaban J connectivity index is 1.62. The first-order chi connectivity index (χ1) is 12.1. The van der Waals surface area contributed by atoms with Crippen LogP contribution in [0.3, 0.4) is 0 Å². The number of aromatic nitrogens is 2. The van der Waals surface area contributed by atoms with Crippen molar-refractivity contribution in [3.8, 4) is 17.1 Å². The Kier molecular flexibility index (Phi) is 5.04. The molecule has 0 saturated carbocycles. The van der Waals surface area contributed by atoms with E-state index >= 15 is 0 Å². The number of carbonyl (C=O) groups is 1. The highest BCUT2D eigenvalue weighted by Gasteiger charge is 2.15. The van der Waals surface area contributed by atoms with Gasteiger partial charge in [-0.15, -0.1) is 0 Å². The number of carbonyl (C=O) groups excluding carboxylic acids is 1. The molecule has 3 aromatic rings. The standard InChI is InChI=1S/C20H19N3O2/c1-14-7-6-10-18(11-14)25-15(2)20(24)23-17-12-21-19(22-13-17)16-8-4-3-5-9-16/h3-13,15H,1-2H3,(H,23,24). The fourth-order valence-electron chi connectivity index (χ4n) is 2.32. The van der Waals surface area contributed by atoms with Crippen LogP contribution in [-0.4, -0.2) is 22.0 Å². The first-order valence-electron chi connectivity index (χ1n) is 8.03. The van der Waals surface area contributed by atoms with Crippen LogP contribution in [0.2, 0.25) is 0 Å². The van der Waals surface area contributed by atoms with Gasteiger partial charge in [0.1, 0.15) is 5.75 Å². The Labute approximate surface area is 146 Å². The van der Waals surface area contributed by atoms with E-state index in [-0.39, 0.29) is 5.91 Å². The van der Waals surface area contributed by atoms with Gasteiger partial charge < -0.3 is 10.1 Å². The van der Waals surface area contributed by atoms with Gasteiger partial charge in [-0.25, -0.2) is 9.97 Å². The second-order valence-electron chi connectivity index (χ2n) is 5.73. The maximum Gasteiger partial charge on any atom is 0.265 e. The lowest BCUT2D eigenvalue weighted by Crippen LogP contribution is -2.30. The summed E-state index contributed by atoms with van der Waals surface area (Å²) in [7, 11) is 0. The largest absolute Gasteiger partial charge is 0.481 e. The normalized spacial score (nSPS) is 11.6. The lowest BCUT2D eigenvalue weighted by atomic mass is 10.2. The van der Waals surface area contributed by atoms with E-state index in [9.17, 15) is 4.79 Å². The number of amides is 1. The lowest BCUT2D eigenvalue weighted by Gasteiger charge is -2.15. The summed E-state index contributed by atoms with van der Waals surface area (Å²) in [6, 6.07) is 17.3. The van der Waals surface area contributed by atoms with Crippen molar-refractivity contribution in [2.45, 2.75) is 20.0 Å². The van der Waals surface area contributed by atoms with Crippen LogP contribution in [0.5, 0.6) is 5.75 Å². The molecule has 1 unspecified atom stereocenters. The van der Waals surface area contributed by atoms with Crippen LogP contribution < -0.4 is 10.1 Å². The van der Waals surface area contributed by atoms with E-state index in [4.69, 9.17) is 4.74 Å². The van der Waals surface area contributed by atoms with Crippen LogP contribution in [0.15, 0.2) is 67.0 Å². The van der Waals surface area contributed by atoms with Crippen molar-refractivity contribution in [3.05, 3.63) is 72.6 Å². The second kappa shape index (κ2) is 7.57. The monoisotopic (exact) mass is 333 g/mol. The summed E-state index contributed by atoms with van der Waals surface area (Å²) in [6.45, 7) is 3.68. The van der Waals surface area contributed by atoms with Crippen molar-refractivity contribution in [3.63, 3.8) is 0 Å². The van der Waals surface area contributed by atoms with E-state index in [1.165, 1.54) is 0 Å². The van der Waals surface area contributed by atoms with Gasteiger partial charge in [0.25, 0.3) is 5.91 Å². The SMILES string of the molecule is Cc1cccc(OC(C)C(=O)Nc2cnc(-c3ccccc3)nc2)c1. The van der Waals surface area contributed by atoms with Crippen molar-refractivity contribution < 1.29 is 9.53 Å². The predicted molar refractivity (Wildman–Crippen MR) is 97.4 cm³/mol. The summed E-state index contributed by atoms with van der Waals surface area (Å²) in [5, 5.41) is 2.77. The summed E-state index contributed by atoms with van der Waals surface area (Å²) >= 11 is 0. The number of nitrogens with zero attached hydrogens (tertiary/aromatic N) is 2. The van der Waals surface area contributed by atoms with Gasteiger partial charge in [-0.2, -0.15) is 0 Å². The fraction of sp³-hybridized carbons (Fsp3) is 0.150. The summed E-state index contributed by atoms with van der Waals surface area (Å²) in [5.74, 6) is 1.03. The highest BCUT2D eigenvalue weighted by Crippen LogP contribution is 2.16. The van der Waals surface area contributed by atoms with E-state index < -0.39 is 6.10 Å². The number of rotatable bonds is 5. The maximum atomic E-state index is 12.3. The molecule has 0 saturated heterocycles. The molecule has 1 aromatic heterocycles. The van der Waals surface area contributed by atoms with Crippen molar-refractivity contribution in [1.29, 1.82) is 0 Å². The molecule has 3 rings (SSSR count). The van der Waals surface area contributed by atoms with Crippen LogP contribution in [0.25, 0.3) is 11.4 Å². The molecule has 1 amide bonds. The minimum atomic E-state index is -0.629. The summed E-state index contributed by atoms with van der Waals surface area (Å²) < 4.78 is 5.67. The van der Waals surface area contributed by atoms with Crippen molar-refractivity contribution in [1.82, 2.24) is 9.97 Å². The van der Waals surface area contributed by atoms with Gasteiger partial charge in [0, 0.05) is 5.56 Å². The molecule has 0 fully saturated rings. The summed E-state index contributed by atoms with van der Waals surface area (Å²) in [4.78, 5) is 20.8. The number of nitrogens with one attached hydrogen (secondary N) is 1. The van der Waals surface area contributed by atoms with Gasteiger partial charge in [-0.3, -0.25) is 4.79 Å². The molecule has 0 spiro atoms. The molecule has 5 heteroatoms. The molecule has 2 aromatic carbocycles. The van der Waals surface area contributed by atoms with Gasteiger partial charge in [0.15, 0.2) is 11.9 Å². The van der Waals surface area contributed by atoms with E-state index in [2.05, 4.69) is 15.3 Å². The molecule has 1 atom stereocenters. The predicted octanol–water partition coefficient (Wildman–Crippen LogP) is 3.86. The van der Waals surface area contributed by atoms with Crippen LogP contribution in [0.4, 0.5) is 5.69 Å². The molecule has 0 aliphatic carbocycles. The maximum absolute atomic E-state index is 12.3. The zero-order valence-corrected chi connectivity index (χ0v) is 14.1. The molecule has 0 aliphatic heterocycles. The molecular weight excluding hydrogens is 314 g/mol. The Morgan fingerprint density at radius 3 is 2.44 bits per heavy atom. The third kappa shape index (κ3) is 4.41. The van der Waals surface area contributed by atoms with Crippen molar-refractivity contribution in [2.75, 3.05) is 5.32 Å². The number of aryl methyl sites for hydroxylation is 1. The van der Waals surface area contributed by atoms with Crippen LogP contribution in [0.1, 0.15) is 12.5 Å². The molecule has 1 N–H and O–H groups in total. The first kappa shape index (κ1) is 16.6. The van der Waals surface area contributed by atoms with Crippen LogP contribution >= 0.6 is 0 Å². The molecule has 126 valence electrons. The minimum absolute atomic E-state index is 0.252. The fourth-order valence-corrected chi connectivity index (χ4v) is 2.32. The third-order valence-electron chi connectivity index (χ3n) is 3.62. The van der Waals surface area contributed by atoms with E-state index in [1.807, 2.05) is 61.5 Å². The Morgan fingerprint density at radius 1 is 1.04 bits per heavy atom. The average molecular weight is 333 g/mol. The molecule has 0 radical (unpaired) electrons. The number of benzene rings is 2. The highest BCUT2D eigenvalue weighted by atomic mass is 16.5. The van der Waals surface area contributed by atoms with Gasteiger partial charge in [-0.1, -0.05) is 42.5 Å². The average Bonchev–Trinajstić information content (AvgIpc) is 2.63. The van der Waals surface area contributed by atoms with Crippen molar-refractivity contribution >= 4 is 11.6 Å². The number of hydrogen-bond acceptors (Lipinski definition) is 4. The van der Waals surface area contributed by atoms with Gasteiger partial charge in [0.2, 0.25) is 0 Å². The number of anilines is 1. The minimum Gasteiger partial charge on any atom is -0.481 e. The van der Waals surface area contributed by atoms with Crippen molar-refractivity contribution in [2.24, 2.45) is 0 Å². The molecule has 5 nitrogen and oxygen atoms in total. The molecule has 1 heterocycles. The smallest absolute Gasteiger partial charge is 0.265 e. The van der Waals surface area contributed by atoms with Gasteiger partial charge in [-0.05, 0) is 31.5 Å². The Hall–Kier alpha value is -3.21. The lowest BCUT2D eigenvalue weighted by molar-refractivity contribution is -0.122.